The molecule has 0 unspecified atom stereocenters. The first kappa shape index (κ1) is 10.3. The molecular formula is C9H12N2O3. The molecule has 1 aliphatic heterocycles. The van der Waals surface area contributed by atoms with E-state index in [0.29, 0.717) is 18.9 Å². The Morgan fingerprint density at radius 2 is 2.64 bits per heavy atom. The van der Waals surface area contributed by atoms with Crippen molar-refractivity contribution in [1.29, 1.82) is 0 Å². The molecule has 0 aliphatic carbocycles. The second-order valence-corrected chi connectivity index (χ2v) is 2.73. The minimum atomic E-state index is -0.953. The molecule has 14 heavy (non-hydrogen) atoms. The average molecular weight is 196 g/mol. The van der Waals surface area contributed by atoms with E-state index in [-0.39, 0.29) is 6.54 Å². The largest absolute Gasteiger partial charge is 0.465 e. The number of rotatable bonds is 3. The Balaban J connectivity index is 2.51. The molecule has 0 atom stereocenters. The number of nitrogens with zero attached hydrogens (tertiary/aromatic N) is 2. The van der Waals surface area contributed by atoms with Crippen LogP contribution in [0.5, 0.6) is 0 Å². The molecule has 5 nitrogen and oxygen atoms in total. The third-order valence-electron chi connectivity index (χ3n) is 1.63. The van der Waals surface area contributed by atoms with Crippen molar-refractivity contribution >= 4 is 11.8 Å². The Bertz CT molecular complexity index is 284. The Morgan fingerprint density at radius 1 is 1.86 bits per heavy atom. The fourth-order valence-corrected chi connectivity index (χ4v) is 1.01. The normalized spacial score (nSPS) is 18.3. The van der Waals surface area contributed by atoms with Gasteiger partial charge in [-0.05, 0) is 6.08 Å². The van der Waals surface area contributed by atoms with Crippen molar-refractivity contribution in [2.24, 2.45) is 5.16 Å². The predicted molar refractivity (Wildman–Crippen MR) is 52.3 cm³/mol. The van der Waals surface area contributed by atoms with Crippen molar-refractivity contribution in [2.75, 3.05) is 19.7 Å². The highest BCUT2D eigenvalue weighted by Gasteiger charge is 2.15. The molecular weight excluding hydrogens is 184 g/mol. The van der Waals surface area contributed by atoms with Gasteiger partial charge >= 0.3 is 6.09 Å². The molecule has 0 aromatic rings. The van der Waals surface area contributed by atoms with Crippen LogP contribution >= 0.6 is 0 Å². The zero-order chi connectivity index (χ0) is 10.4. The highest BCUT2D eigenvalue weighted by atomic mass is 16.6. The predicted octanol–water partition coefficient (Wildman–Crippen LogP) is 1.09. The molecule has 0 spiro atoms. The van der Waals surface area contributed by atoms with Gasteiger partial charge in [0, 0.05) is 6.54 Å². The minimum Gasteiger partial charge on any atom is -0.465 e. The SMILES string of the molecule is C=CCO/N=C1\C=CCN(C(=O)O)C1. The van der Waals surface area contributed by atoms with Gasteiger partial charge < -0.3 is 9.94 Å². The summed E-state index contributed by atoms with van der Waals surface area (Å²) in [5.41, 5.74) is 0.598. The lowest BCUT2D eigenvalue weighted by Crippen LogP contribution is -2.36. The van der Waals surface area contributed by atoms with Crippen molar-refractivity contribution < 1.29 is 14.7 Å². The van der Waals surface area contributed by atoms with Crippen LogP contribution in [0.1, 0.15) is 0 Å². The van der Waals surface area contributed by atoms with Crippen LogP contribution in [0.4, 0.5) is 4.79 Å². The molecule has 1 heterocycles. The fourth-order valence-electron chi connectivity index (χ4n) is 1.01. The summed E-state index contributed by atoms with van der Waals surface area (Å²) in [6.45, 7) is 4.46. The van der Waals surface area contributed by atoms with Gasteiger partial charge in [-0.2, -0.15) is 0 Å². The quantitative estimate of drug-likeness (QED) is 0.417. The van der Waals surface area contributed by atoms with E-state index in [1.165, 1.54) is 4.90 Å². The molecule has 0 radical (unpaired) electrons. The van der Waals surface area contributed by atoms with Gasteiger partial charge in [-0.25, -0.2) is 4.79 Å². The number of oxime groups is 1. The lowest BCUT2D eigenvalue weighted by molar-refractivity contribution is 0.153. The van der Waals surface area contributed by atoms with Gasteiger partial charge in [-0.15, -0.1) is 0 Å². The van der Waals surface area contributed by atoms with E-state index in [9.17, 15) is 4.79 Å². The number of carboxylic acid groups (broad SMARTS) is 1. The molecule has 0 aromatic heterocycles. The van der Waals surface area contributed by atoms with Crippen LogP contribution in [0.3, 0.4) is 0 Å². The molecule has 1 amide bonds. The van der Waals surface area contributed by atoms with Crippen LogP contribution in [0, 0.1) is 0 Å². The van der Waals surface area contributed by atoms with Gasteiger partial charge in [0.15, 0.2) is 0 Å². The summed E-state index contributed by atoms with van der Waals surface area (Å²) in [7, 11) is 0. The van der Waals surface area contributed by atoms with Crippen molar-refractivity contribution in [2.45, 2.75) is 0 Å². The maximum Gasteiger partial charge on any atom is 0.407 e. The molecule has 5 heteroatoms. The van der Waals surface area contributed by atoms with Crippen molar-refractivity contribution in [3.05, 3.63) is 24.8 Å². The minimum absolute atomic E-state index is 0.267. The number of hydrogen-bond donors (Lipinski definition) is 1. The van der Waals surface area contributed by atoms with Crippen LogP contribution in [0.25, 0.3) is 0 Å². The zero-order valence-corrected chi connectivity index (χ0v) is 7.72. The first-order chi connectivity index (χ1) is 6.74. The number of amides is 1. The first-order valence-electron chi connectivity index (χ1n) is 4.18. The lowest BCUT2D eigenvalue weighted by Gasteiger charge is -2.20. The third-order valence-corrected chi connectivity index (χ3v) is 1.63. The topological polar surface area (TPSA) is 62.1 Å². The summed E-state index contributed by atoms with van der Waals surface area (Å²) in [6, 6.07) is 0. The van der Waals surface area contributed by atoms with E-state index in [1.54, 1.807) is 18.2 Å². The molecule has 0 saturated heterocycles. The summed E-state index contributed by atoms with van der Waals surface area (Å²) in [4.78, 5) is 16.7. The molecule has 0 bridgehead atoms. The Labute approximate surface area is 82.0 Å². The van der Waals surface area contributed by atoms with Crippen molar-refractivity contribution in [1.82, 2.24) is 4.90 Å². The average Bonchev–Trinajstić information content (AvgIpc) is 2.19. The van der Waals surface area contributed by atoms with Crippen LogP contribution in [0.15, 0.2) is 30.0 Å². The molecule has 1 aliphatic rings. The van der Waals surface area contributed by atoms with E-state index in [4.69, 9.17) is 9.94 Å². The first-order valence-corrected chi connectivity index (χ1v) is 4.18. The summed E-state index contributed by atoms with van der Waals surface area (Å²) < 4.78 is 0. The van der Waals surface area contributed by atoms with Crippen molar-refractivity contribution in [3.8, 4) is 0 Å². The highest BCUT2D eigenvalue weighted by Crippen LogP contribution is 2.00. The molecule has 1 N–H and O–H groups in total. The maximum atomic E-state index is 10.6. The smallest absolute Gasteiger partial charge is 0.407 e. The molecule has 0 aromatic carbocycles. The number of carbonyl (C=O) groups is 1. The van der Waals surface area contributed by atoms with Gasteiger partial charge in [0.25, 0.3) is 0 Å². The monoisotopic (exact) mass is 196 g/mol. The summed E-state index contributed by atoms with van der Waals surface area (Å²) >= 11 is 0. The molecule has 0 saturated carbocycles. The van der Waals surface area contributed by atoms with Crippen LogP contribution in [-0.4, -0.2) is 41.5 Å². The maximum absolute atomic E-state index is 10.6. The van der Waals surface area contributed by atoms with E-state index < -0.39 is 6.09 Å². The van der Waals surface area contributed by atoms with Crippen LogP contribution in [-0.2, 0) is 4.84 Å². The van der Waals surface area contributed by atoms with E-state index in [1.807, 2.05) is 0 Å². The Morgan fingerprint density at radius 3 is 3.29 bits per heavy atom. The van der Waals surface area contributed by atoms with Gasteiger partial charge in [0.05, 0.1) is 12.3 Å². The van der Waals surface area contributed by atoms with Gasteiger partial charge in [-0.1, -0.05) is 23.9 Å². The van der Waals surface area contributed by atoms with Crippen LogP contribution in [0.2, 0.25) is 0 Å². The summed E-state index contributed by atoms with van der Waals surface area (Å²) in [6.07, 6.45) is 4.10. The van der Waals surface area contributed by atoms with Gasteiger partial charge in [0.2, 0.25) is 0 Å². The number of hydrogen-bond acceptors (Lipinski definition) is 3. The van der Waals surface area contributed by atoms with E-state index >= 15 is 0 Å². The second kappa shape index (κ2) is 5.06. The standard InChI is InChI=1S/C9H12N2O3/c1-2-6-14-10-8-4-3-5-11(7-8)9(12)13/h2-4H,1,5-7H2,(H,12,13)/b10-8+. The Hall–Kier alpha value is -1.78. The highest BCUT2D eigenvalue weighted by molar-refractivity contribution is 5.98. The second-order valence-electron chi connectivity index (χ2n) is 2.73. The fraction of sp³-hybridized carbons (Fsp3) is 0.333. The molecule has 76 valence electrons. The molecule has 1 rings (SSSR count). The van der Waals surface area contributed by atoms with Crippen molar-refractivity contribution in [3.63, 3.8) is 0 Å². The zero-order valence-electron chi connectivity index (χ0n) is 7.72. The van der Waals surface area contributed by atoms with Gasteiger partial charge in [0.1, 0.15) is 6.61 Å². The lowest BCUT2D eigenvalue weighted by atomic mass is 10.2. The Kier molecular flexibility index (Phi) is 3.72. The van der Waals surface area contributed by atoms with E-state index in [2.05, 4.69) is 11.7 Å². The van der Waals surface area contributed by atoms with Crippen LogP contribution < -0.4 is 0 Å². The summed E-state index contributed by atoms with van der Waals surface area (Å²) in [5.74, 6) is 0. The molecule has 0 fully saturated rings. The third kappa shape index (κ3) is 2.93. The van der Waals surface area contributed by atoms with Gasteiger partial charge in [-0.3, -0.25) is 4.90 Å². The van der Waals surface area contributed by atoms with E-state index in [0.717, 1.165) is 0 Å². The summed E-state index contributed by atoms with van der Waals surface area (Å²) in [5, 5.41) is 12.5.